The van der Waals surface area contributed by atoms with Crippen molar-refractivity contribution in [2.75, 3.05) is 60.9 Å². The summed E-state index contributed by atoms with van der Waals surface area (Å²) in [6.07, 6.45) is 0. The second-order valence-electron chi connectivity index (χ2n) is 11.2. The average molecular weight is 745 g/mol. The van der Waals surface area contributed by atoms with Crippen molar-refractivity contribution in [2.24, 2.45) is 0 Å². The monoisotopic (exact) mass is 743 g/mol. The van der Waals surface area contributed by atoms with Gasteiger partial charge in [-0.05, 0) is 67.1 Å². The molecule has 1 atom stereocenters. The van der Waals surface area contributed by atoms with E-state index < -0.39 is 30.4 Å². The van der Waals surface area contributed by atoms with Gasteiger partial charge in [0.05, 0.1) is 19.6 Å². The Kier molecular flexibility index (Phi) is 13.1. The molecule has 0 aliphatic rings. The number of halogens is 1. The first-order valence-electron chi connectivity index (χ1n) is 15.6. The average Bonchev–Trinajstić information content (AvgIpc) is 3.14. The zero-order chi connectivity index (χ0) is 36.2. The summed E-state index contributed by atoms with van der Waals surface area (Å²) in [6.45, 7) is 0.606. The van der Waals surface area contributed by atoms with Crippen LogP contribution in [0, 0.1) is 0 Å². The number of carbonyl (C=O) groups excluding carboxylic acids is 5. The van der Waals surface area contributed by atoms with Gasteiger partial charge in [0, 0.05) is 47.4 Å². The highest BCUT2D eigenvalue weighted by atomic mass is 79.9. The number of urea groups is 1. The Hall–Kier alpha value is -5.69. The predicted molar refractivity (Wildman–Crippen MR) is 196 cm³/mol. The summed E-state index contributed by atoms with van der Waals surface area (Å²) in [5, 5.41) is 5.20. The van der Waals surface area contributed by atoms with Crippen LogP contribution in [0.1, 0.15) is 18.4 Å². The van der Waals surface area contributed by atoms with Gasteiger partial charge < -0.3 is 34.8 Å². The first-order valence-corrected chi connectivity index (χ1v) is 16.4. The summed E-state index contributed by atoms with van der Waals surface area (Å²) in [7, 11) is 4.55. The summed E-state index contributed by atoms with van der Waals surface area (Å²) >= 11 is 3.41. The first-order chi connectivity index (χ1) is 24.0. The van der Waals surface area contributed by atoms with Gasteiger partial charge in [0.15, 0.2) is 6.61 Å². The Balaban J connectivity index is 1.47. The lowest BCUT2D eigenvalue weighted by Crippen LogP contribution is -2.46. The summed E-state index contributed by atoms with van der Waals surface area (Å²) in [5.74, 6) is -1.93. The molecule has 12 nitrogen and oxygen atoms in total. The van der Waals surface area contributed by atoms with E-state index in [2.05, 4.69) is 26.6 Å². The molecule has 0 saturated heterocycles. The number of hydrogen-bond donors (Lipinski definition) is 2. The third-order valence-corrected chi connectivity index (χ3v) is 8.27. The van der Waals surface area contributed by atoms with Crippen LogP contribution in [0.25, 0.3) is 0 Å². The lowest BCUT2D eigenvalue weighted by Gasteiger charge is -2.26. The number of esters is 1. The number of rotatable bonds is 13. The van der Waals surface area contributed by atoms with Gasteiger partial charge in [-0.15, -0.1) is 0 Å². The number of ether oxygens (including phenoxy) is 2. The number of nitrogens with one attached hydrogen (secondary N) is 2. The highest BCUT2D eigenvalue weighted by molar-refractivity contribution is 9.10. The number of para-hydroxylation sites is 1. The smallest absolute Gasteiger partial charge is 0.319 e. The molecule has 50 heavy (non-hydrogen) atoms. The van der Waals surface area contributed by atoms with E-state index in [4.69, 9.17) is 9.47 Å². The van der Waals surface area contributed by atoms with E-state index in [9.17, 15) is 24.0 Å². The molecule has 0 aromatic heterocycles. The molecule has 0 heterocycles. The molecule has 4 aromatic carbocycles. The standard InChI is InChI=1S/C37H38BrN5O7/c1-25(36(47)49-4)26-11-8-13-28(19-26)40-37(48)39-22-33(44)43(23-34(45)41(2)29-14-6-5-7-15-29)31-17-10-18-32(21-31)50-24-35(46)42(3)30-16-9-12-27(38)20-30/h5-21,25H,22-24H2,1-4H3,(H2,39,40,48). The number of nitrogens with zero attached hydrogens (tertiary/aromatic N) is 3. The number of hydrogen-bond acceptors (Lipinski definition) is 7. The topological polar surface area (TPSA) is 138 Å². The molecule has 2 N–H and O–H groups in total. The lowest BCUT2D eigenvalue weighted by atomic mass is 10.0. The molecule has 5 amide bonds. The number of benzene rings is 4. The van der Waals surface area contributed by atoms with Gasteiger partial charge in [-0.1, -0.05) is 58.4 Å². The van der Waals surface area contributed by atoms with E-state index in [1.807, 2.05) is 24.3 Å². The second-order valence-corrected chi connectivity index (χ2v) is 12.1. The van der Waals surface area contributed by atoms with Crippen LogP contribution in [0.2, 0.25) is 0 Å². The van der Waals surface area contributed by atoms with Crippen LogP contribution in [-0.4, -0.2) is 70.6 Å². The van der Waals surface area contributed by atoms with Crippen molar-refractivity contribution in [3.05, 3.63) is 113 Å². The van der Waals surface area contributed by atoms with Gasteiger partial charge in [0.1, 0.15) is 12.3 Å². The molecule has 1 unspecified atom stereocenters. The number of carbonyl (C=O) groups is 5. The highest BCUT2D eigenvalue weighted by Crippen LogP contribution is 2.24. The number of likely N-dealkylation sites (N-methyl/N-ethyl adjacent to an activating group) is 2. The van der Waals surface area contributed by atoms with Crippen molar-refractivity contribution < 1.29 is 33.4 Å². The molecule has 0 aliphatic heterocycles. The summed E-state index contributed by atoms with van der Waals surface area (Å²) < 4.78 is 11.4. The van der Waals surface area contributed by atoms with E-state index >= 15 is 0 Å². The molecular formula is C37H38BrN5O7. The molecule has 13 heteroatoms. The van der Waals surface area contributed by atoms with Gasteiger partial charge in [0.25, 0.3) is 5.91 Å². The van der Waals surface area contributed by atoms with Gasteiger partial charge in [0.2, 0.25) is 11.8 Å². The van der Waals surface area contributed by atoms with Crippen LogP contribution in [0.4, 0.5) is 27.5 Å². The van der Waals surface area contributed by atoms with E-state index in [-0.39, 0.29) is 25.0 Å². The largest absolute Gasteiger partial charge is 0.484 e. The number of methoxy groups -OCH3 is 1. The van der Waals surface area contributed by atoms with Gasteiger partial charge in [-0.25, -0.2) is 4.79 Å². The lowest BCUT2D eigenvalue weighted by molar-refractivity contribution is -0.142. The summed E-state index contributed by atoms with van der Waals surface area (Å²) in [4.78, 5) is 68.9. The molecule has 0 spiro atoms. The van der Waals surface area contributed by atoms with Crippen molar-refractivity contribution in [1.29, 1.82) is 0 Å². The molecule has 0 saturated carbocycles. The molecule has 0 radical (unpaired) electrons. The Labute approximate surface area is 299 Å². The summed E-state index contributed by atoms with van der Waals surface area (Å²) in [5.41, 5.74) is 2.68. The minimum absolute atomic E-state index is 0.280. The molecule has 260 valence electrons. The van der Waals surface area contributed by atoms with Gasteiger partial charge in [-0.3, -0.25) is 19.2 Å². The minimum Gasteiger partial charge on any atom is -0.484 e. The van der Waals surface area contributed by atoms with Crippen molar-refractivity contribution in [3.63, 3.8) is 0 Å². The van der Waals surface area contributed by atoms with E-state index in [0.717, 1.165) is 4.47 Å². The zero-order valence-corrected chi connectivity index (χ0v) is 29.7. The Bertz CT molecular complexity index is 1840. The van der Waals surface area contributed by atoms with Crippen LogP contribution < -0.4 is 30.1 Å². The quantitative estimate of drug-likeness (QED) is 0.171. The Morgan fingerprint density at radius 1 is 0.740 bits per heavy atom. The van der Waals surface area contributed by atoms with E-state index in [1.54, 1.807) is 99.9 Å². The van der Waals surface area contributed by atoms with Gasteiger partial charge in [-0.2, -0.15) is 0 Å². The molecule has 0 aliphatic carbocycles. The minimum atomic E-state index is -0.668. The fraction of sp³-hybridized carbons (Fsp3) is 0.216. The maximum Gasteiger partial charge on any atom is 0.319 e. The molecule has 0 bridgehead atoms. The van der Waals surface area contributed by atoms with E-state index in [1.165, 1.54) is 21.8 Å². The Morgan fingerprint density at radius 2 is 1.40 bits per heavy atom. The predicted octanol–water partition coefficient (Wildman–Crippen LogP) is 5.59. The van der Waals surface area contributed by atoms with Crippen LogP contribution in [0.3, 0.4) is 0 Å². The molecule has 0 fully saturated rings. The zero-order valence-electron chi connectivity index (χ0n) is 28.1. The molecule has 4 aromatic rings. The van der Waals surface area contributed by atoms with Crippen molar-refractivity contribution >= 4 is 68.4 Å². The van der Waals surface area contributed by atoms with Crippen molar-refractivity contribution in [3.8, 4) is 5.75 Å². The normalized spacial score (nSPS) is 11.1. The van der Waals surface area contributed by atoms with Crippen molar-refractivity contribution in [1.82, 2.24) is 5.32 Å². The Morgan fingerprint density at radius 3 is 2.12 bits per heavy atom. The molecule has 4 rings (SSSR count). The highest BCUT2D eigenvalue weighted by Gasteiger charge is 2.24. The van der Waals surface area contributed by atoms with Crippen LogP contribution >= 0.6 is 15.9 Å². The maximum atomic E-state index is 13.7. The first kappa shape index (κ1) is 37.1. The third-order valence-electron chi connectivity index (χ3n) is 7.77. The van der Waals surface area contributed by atoms with Crippen molar-refractivity contribution in [2.45, 2.75) is 12.8 Å². The van der Waals surface area contributed by atoms with Crippen LogP contribution in [-0.2, 0) is 23.9 Å². The van der Waals surface area contributed by atoms with Crippen LogP contribution in [0.15, 0.2) is 108 Å². The fourth-order valence-corrected chi connectivity index (χ4v) is 5.18. The SMILES string of the molecule is COC(=O)C(C)c1cccc(NC(=O)NCC(=O)N(CC(=O)N(C)c2ccccc2)c2cccc(OCC(=O)N(C)c3cccc(Br)c3)c2)c1. The van der Waals surface area contributed by atoms with Gasteiger partial charge >= 0.3 is 12.0 Å². The maximum absolute atomic E-state index is 13.7. The fourth-order valence-electron chi connectivity index (χ4n) is 4.80. The van der Waals surface area contributed by atoms with Crippen LogP contribution in [0.5, 0.6) is 5.75 Å². The third kappa shape index (κ3) is 10.2. The molecular weight excluding hydrogens is 706 g/mol. The summed E-state index contributed by atoms with van der Waals surface area (Å²) in [6, 6.07) is 28.8. The number of amides is 5. The van der Waals surface area contributed by atoms with E-state index in [0.29, 0.717) is 34.1 Å². The second kappa shape index (κ2) is 17.6. The number of anilines is 4.